The number of alkyl halides is 2. The first-order valence-electron chi connectivity index (χ1n) is 9.61. The number of ether oxygens (including phenoxy) is 1. The van der Waals surface area contributed by atoms with Gasteiger partial charge in [-0.2, -0.15) is 13.9 Å². The van der Waals surface area contributed by atoms with Crippen molar-refractivity contribution < 1.29 is 18.3 Å². The molecule has 4 aromatic rings. The molecule has 32 heavy (non-hydrogen) atoms. The minimum Gasteiger partial charge on any atom is -0.435 e. The summed E-state index contributed by atoms with van der Waals surface area (Å²) in [5, 5.41) is 4.74. The Morgan fingerprint density at radius 3 is 2.56 bits per heavy atom. The molecule has 0 spiro atoms. The quantitative estimate of drug-likeness (QED) is 0.218. The Morgan fingerprint density at radius 2 is 1.84 bits per heavy atom. The summed E-state index contributed by atoms with van der Waals surface area (Å²) in [7, 11) is 0. The lowest BCUT2D eigenvalue weighted by Gasteiger charge is -2.04. The van der Waals surface area contributed by atoms with E-state index in [4.69, 9.17) is 0 Å². The Kier molecular flexibility index (Phi) is 6.76. The summed E-state index contributed by atoms with van der Waals surface area (Å²) in [6.07, 6.45) is 1.42. The molecule has 1 amide bonds. The third-order valence-electron chi connectivity index (χ3n) is 4.44. The number of H-pyrrole nitrogens is 1. The fraction of sp³-hybridized carbons (Fsp3) is 0.0870. The van der Waals surface area contributed by atoms with Gasteiger partial charge in [-0.05, 0) is 59.7 Å². The van der Waals surface area contributed by atoms with Crippen LogP contribution in [0.25, 0.3) is 11.0 Å². The van der Waals surface area contributed by atoms with E-state index in [0.717, 1.165) is 21.8 Å². The standard InChI is InChI=1S/C23H18F2N4O2S/c24-22(25)31-18-11-7-15(8-12-18)13-26-29-21(30)17-9-5-16(6-10-17)14-32-23-27-19-3-1-2-4-20(19)28-23/h1-13,22H,14H2,(H,27,28)(H,29,30). The highest BCUT2D eigenvalue weighted by molar-refractivity contribution is 7.98. The lowest BCUT2D eigenvalue weighted by molar-refractivity contribution is -0.0498. The van der Waals surface area contributed by atoms with Crippen molar-refractivity contribution in [3.8, 4) is 5.75 Å². The fourth-order valence-corrected chi connectivity index (χ4v) is 3.71. The summed E-state index contributed by atoms with van der Waals surface area (Å²) in [6.45, 7) is -2.87. The van der Waals surface area contributed by atoms with Gasteiger partial charge in [0.2, 0.25) is 0 Å². The third kappa shape index (κ3) is 5.70. The van der Waals surface area contributed by atoms with Crippen LogP contribution in [0, 0.1) is 0 Å². The number of carbonyl (C=O) groups is 1. The number of halogens is 2. The smallest absolute Gasteiger partial charge is 0.387 e. The molecular weight excluding hydrogens is 434 g/mol. The van der Waals surface area contributed by atoms with Crippen LogP contribution in [0.15, 0.2) is 83.1 Å². The molecule has 0 saturated carbocycles. The lowest BCUT2D eigenvalue weighted by Crippen LogP contribution is -2.17. The number of nitrogens with one attached hydrogen (secondary N) is 2. The topological polar surface area (TPSA) is 79.4 Å². The summed E-state index contributed by atoms with van der Waals surface area (Å²) < 4.78 is 28.6. The molecule has 0 radical (unpaired) electrons. The Hall–Kier alpha value is -3.72. The molecule has 1 heterocycles. The van der Waals surface area contributed by atoms with Crippen LogP contribution < -0.4 is 10.2 Å². The maximum absolute atomic E-state index is 12.3. The number of thioether (sulfide) groups is 1. The summed E-state index contributed by atoms with van der Waals surface area (Å²) in [5.74, 6) is 0.417. The number of fused-ring (bicyclic) bond motifs is 1. The van der Waals surface area contributed by atoms with Gasteiger partial charge in [-0.1, -0.05) is 36.0 Å². The van der Waals surface area contributed by atoms with Gasteiger partial charge in [0.1, 0.15) is 5.75 Å². The van der Waals surface area contributed by atoms with Crippen LogP contribution >= 0.6 is 11.8 Å². The van der Waals surface area contributed by atoms with E-state index in [9.17, 15) is 13.6 Å². The van der Waals surface area contributed by atoms with Gasteiger partial charge < -0.3 is 9.72 Å². The number of benzene rings is 3. The Bertz CT molecular complexity index is 1190. The second-order valence-electron chi connectivity index (χ2n) is 6.69. The third-order valence-corrected chi connectivity index (χ3v) is 5.39. The van der Waals surface area contributed by atoms with Crippen LogP contribution in [0.4, 0.5) is 8.78 Å². The van der Waals surface area contributed by atoms with E-state index in [1.165, 1.54) is 18.3 Å². The maximum atomic E-state index is 12.3. The van der Waals surface area contributed by atoms with Crippen LogP contribution in [-0.4, -0.2) is 28.7 Å². The molecule has 0 aliphatic heterocycles. The van der Waals surface area contributed by atoms with Gasteiger partial charge in [0.25, 0.3) is 5.91 Å². The molecule has 0 bridgehead atoms. The predicted molar refractivity (Wildman–Crippen MR) is 120 cm³/mol. The Morgan fingerprint density at radius 1 is 1.09 bits per heavy atom. The number of nitrogens with zero attached hydrogens (tertiary/aromatic N) is 2. The summed E-state index contributed by atoms with van der Waals surface area (Å²) in [6, 6.07) is 21.0. The minimum absolute atomic E-state index is 0.0553. The number of para-hydroxylation sites is 2. The van der Waals surface area contributed by atoms with E-state index in [1.807, 2.05) is 36.4 Å². The molecule has 4 rings (SSSR count). The molecule has 0 atom stereocenters. The first-order chi connectivity index (χ1) is 15.6. The molecule has 0 aliphatic rings. The van der Waals surface area contributed by atoms with Crippen LogP contribution in [0.3, 0.4) is 0 Å². The monoisotopic (exact) mass is 452 g/mol. The van der Waals surface area contributed by atoms with Crippen molar-refractivity contribution in [2.24, 2.45) is 5.10 Å². The lowest BCUT2D eigenvalue weighted by atomic mass is 10.1. The van der Waals surface area contributed by atoms with E-state index in [0.29, 0.717) is 16.9 Å². The van der Waals surface area contributed by atoms with Crippen LogP contribution in [0.5, 0.6) is 5.75 Å². The van der Waals surface area contributed by atoms with Crippen molar-refractivity contribution >= 4 is 34.9 Å². The zero-order chi connectivity index (χ0) is 22.3. The SMILES string of the molecule is O=C(NN=Cc1ccc(OC(F)F)cc1)c1ccc(CSc2nc3ccccc3[nH]2)cc1. The van der Waals surface area contributed by atoms with Gasteiger partial charge in [-0.15, -0.1) is 0 Å². The number of carbonyl (C=O) groups excluding carboxylic acids is 1. The van der Waals surface area contributed by atoms with Crippen molar-refractivity contribution in [1.29, 1.82) is 0 Å². The molecule has 6 nitrogen and oxygen atoms in total. The number of hydrogen-bond acceptors (Lipinski definition) is 5. The van der Waals surface area contributed by atoms with Gasteiger partial charge in [0, 0.05) is 11.3 Å². The fourth-order valence-electron chi connectivity index (χ4n) is 2.87. The molecule has 0 aliphatic carbocycles. The normalized spacial score (nSPS) is 11.3. The van der Waals surface area contributed by atoms with Gasteiger partial charge >= 0.3 is 6.61 Å². The number of hydrogen-bond donors (Lipinski definition) is 2. The number of rotatable bonds is 8. The average molecular weight is 452 g/mol. The van der Waals surface area contributed by atoms with Gasteiger partial charge in [0.15, 0.2) is 5.16 Å². The summed E-state index contributed by atoms with van der Waals surface area (Å²) in [5.41, 5.74) is 6.54. The Balaban J connectivity index is 1.28. The number of hydrazone groups is 1. The first-order valence-corrected chi connectivity index (χ1v) is 10.6. The van der Waals surface area contributed by atoms with Gasteiger partial charge in [0.05, 0.1) is 17.2 Å². The van der Waals surface area contributed by atoms with Crippen molar-refractivity contribution in [2.75, 3.05) is 0 Å². The maximum Gasteiger partial charge on any atom is 0.387 e. The second kappa shape index (κ2) is 10.1. The predicted octanol–water partition coefficient (Wildman–Crippen LogP) is 5.22. The highest BCUT2D eigenvalue weighted by Gasteiger charge is 2.07. The number of aromatic amines is 1. The van der Waals surface area contributed by atoms with Gasteiger partial charge in [-0.3, -0.25) is 4.79 Å². The molecule has 0 fully saturated rings. The van der Waals surface area contributed by atoms with E-state index in [-0.39, 0.29) is 11.7 Å². The number of amides is 1. The summed E-state index contributed by atoms with van der Waals surface area (Å²) in [4.78, 5) is 20.1. The molecule has 3 aromatic carbocycles. The molecule has 0 saturated heterocycles. The molecule has 2 N–H and O–H groups in total. The number of imidazole rings is 1. The van der Waals surface area contributed by atoms with E-state index >= 15 is 0 Å². The van der Waals surface area contributed by atoms with Gasteiger partial charge in [-0.25, -0.2) is 10.4 Å². The minimum atomic E-state index is -2.87. The number of aromatic nitrogens is 2. The summed E-state index contributed by atoms with van der Waals surface area (Å²) >= 11 is 1.59. The zero-order valence-corrected chi connectivity index (χ0v) is 17.5. The van der Waals surface area contributed by atoms with E-state index in [1.54, 1.807) is 36.0 Å². The highest BCUT2D eigenvalue weighted by atomic mass is 32.2. The van der Waals surface area contributed by atoms with Crippen molar-refractivity contribution in [1.82, 2.24) is 15.4 Å². The van der Waals surface area contributed by atoms with E-state index < -0.39 is 6.61 Å². The molecule has 1 aromatic heterocycles. The molecular formula is C23H18F2N4O2S. The first kappa shape index (κ1) is 21.5. The van der Waals surface area contributed by atoms with E-state index in [2.05, 4.69) is 25.2 Å². The highest BCUT2D eigenvalue weighted by Crippen LogP contribution is 2.23. The Labute approximate surface area is 186 Å². The van der Waals surface area contributed by atoms with Crippen molar-refractivity contribution in [3.05, 3.63) is 89.5 Å². The zero-order valence-electron chi connectivity index (χ0n) is 16.7. The molecule has 0 unspecified atom stereocenters. The van der Waals surface area contributed by atoms with Crippen LogP contribution in [0.2, 0.25) is 0 Å². The van der Waals surface area contributed by atoms with Crippen LogP contribution in [-0.2, 0) is 5.75 Å². The van der Waals surface area contributed by atoms with Crippen molar-refractivity contribution in [3.63, 3.8) is 0 Å². The second-order valence-corrected chi connectivity index (χ2v) is 7.66. The molecule has 9 heteroatoms. The largest absolute Gasteiger partial charge is 0.435 e. The van der Waals surface area contributed by atoms with Crippen LogP contribution in [0.1, 0.15) is 21.5 Å². The molecule has 162 valence electrons. The van der Waals surface area contributed by atoms with Crippen molar-refractivity contribution in [2.45, 2.75) is 17.5 Å². The average Bonchev–Trinajstić information content (AvgIpc) is 3.22.